The minimum atomic E-state index is -0.659. The zero-order chi connectivity index (χ0) is 24.2. The van der Waals surface area contributed by atoms with Gasteiger partial charge in [-0.05, 0) is 65.7 Å². The normalized spacial score (nSPS) is 14.0. The van der Waals surface area contributed by atoms with E-state index >= 15 is 0 Å². The largest absolute Gasteiger partial charge is 0.493 e. The summed E-state index contributed by atoms with van der Waals surface area (Å²) in [5, 5.41) is 11.0. The van der Waals surface area contributed by atoms with Crippen molar-refractivity contribution in [3.05, 3.63) is 104 Å². The van der Waals surface area contributed by atoms with Crippen molar-refractivity contribution in [3.63, 3.8) is 0 Å². The molecule has 0 atom stereocenters. The molecule has 0 saturated carbocycles. The van der Waals surface area contributed by atoms with Crippen LogP contribution in [0, 0.1) is 15.9 Å². The predicted octanol–water partition coefficient (Wildman–Crippen LogP) is 5.32. The van der Waals surface area contributed by atoms with E-state index in [0.29, 0.717) is 22.4 Å². The lowest BCUT2D eigenvalue weighted by molar-refractivity contribution is -0.384. The quantitative estimate of drug-likeness (QED) is 0.195. The average molecular weight is 483 g/mol. The second kappa shape index (κ2) is 9.72. The minimum absolute atomic E-state index is 0.0209. The maximum absolute atomic E-state index is 13.1. The lowest BCUT2D eigenvalue weighted by Crippen LogP contribution is -2.05. The monoisotopic (exact) mass is 482 g/mol. The molecule has 0 amide bonds. The summed E-state index contributed by atoms with van der Waals surface area (Å²) in [7, 11) is 1.44. The summed E-state index contributed by atoms with van der Waals surface area (Å²) in [5.41, 5.74) is 1.69. The van der Waals surface area contributed by atoms with Gasteiger partial charge in [-0.3, -0.25) is 10.1 Å². The number of nitrogens with zero attached hydrogens (tertiary/aromatic N) is 2. The fraction of sp³-hybridized carbons (Fsp3) is 0.0833. The van der Waals surface area contributed by atoms with Gasteiger partial charge in [-0.2, -0.15) is 0 Å². The van der Waals surface area contributed by atoms with E-state index in [4.69, 9.17) is 25.8 Å². The highest BCUT2D eigenvalue weighted by Gasteiger charge is 2.24. The molecule has 10 heteroatoms. The van der Waals surface area contributed by atoms with Gasteiger partial charge in [0.05, 0.1) is 17.1 Å². The Balaban J connectivity index is 1.55. The molecule has 1 aliphatic heterocycles. The number of carbonyl (C=O) groups excluding carboxylic acids is 1. The van der Waals surface area contributed by atoms with Gasteiger partial charge in [0.25, 0.3) is 5.69 Å². The van der Waals surface area contributed by atoms with Crippen molar-refractivity contribution in [2.75, 3.05) is 7.11 Å². The predicted molar refractivity (Wildman–Crippen MR) is 122 cm³/mol. The molecule has 1 heterocycles. The Bertz CT molecular complexity index is 1320. The molecule has 34 heavy (non-hydrogen) atoms. The molecular weight excluding hydrogens is 467 g/mol. The Kier molecular flexibility index (Phi) is 6.55. The van der Waals surface area contributed by atoms with E-state index in [2.05, 4.69) is 4.99 Å². The van der Waals surface area contributed by atoms with Crippen LogP contribution in [-0.4, -0.2) is 23.9 Å². The van der Waals surface area contributed by atoms with Crippen molar-refractivity contribution in [2.24, 2.45) is 4.99 Å². The molecule has 0 radical (unpaired) electrons. The number of hydrogen-bond acceptors (Lipinski definition) is 7. The molecule has 3 aromatic carbocycles. The first kappa shape index (κ1) is 22.9. The van der Waals surface area contributed by atoms with Crippen LogP contribution in [0.2, 0.25) is 5.02 Å². The third-order valence-electron chi connectivity index (χ3n) is 4.80. The zero-order valence-electron chi connectivity index (χ0n) is 17.7. The number of cyclic esters (lactones) is 1. The molecule has 0 saturated heterocycles. The van der Waals surface area contributed by atoms with Crippen molar-refractivity contribution in [1.29, 1.82) is 0 Å². The van der Waals surface area contributed by atoms with Crippen molar-refractivity contribution in [2.45, 2.75) is 6.61 Å². The van der Waals surface area contributed by atoms with Gasteiger partial charge in [-0.25, -0.2) is 14.2 Å². The van der Waals surface area contributed by atoms with Gasteiger partial charge < -0.3 is 14.2 Å². The van der Waals surface area contributed by atoms with Gasteiger partial charge in [-0.1, -0.05) is 11.6 Å². The molecular formula is C24H16ClFN2O6. The van der Waals surface area contributed by atoms with Crippen LogP contribution in [-0.2, 0) is 16.1 Å². The van der Waals surface area contributed by atoms with E-state index < -0.39 is 16.7 Å². The van der Waals surface area contributed by atoms with Gasteiger partial charge in [0.1, 0.15) is 12.4 Å². The SMILES string of the molecule is COc1cc(C=C2N=C(c3ccc(F)cc3)OC2=O)cc(Cl)c1OCc1ccc([N+](=O)[O-])cc1. The maximum Gasteiger partial charge on any atom is 0.363 e. The summed E-state index contributed by atoms with van der Waals surface area (Å²) in [6.45, 7) is 0.103. The molecule has 0 fully saturated rings. The number of esters is 1. The number of aliphatic imine (C=N–C) groups is 1. The van der Waals surface area contributed by atoms with Gasteiger partial charge in [0, 0.05) is 17.7 Å². The Morgan fingerprint density at radius 1 is 1.15 bits per heavy atom. The van der Waals surface area contributed by atoms with Crippen molar-refractivity contribution in [1.82, 2.24) is 0 Å². The summed E-state index contributed by atoms with van der Waals surface area (Å²) in [6.07, 6.45) is 1.48. The number of benzene rings is 3. The van der Waals surface area contributed by atoms with Crippen LogP contribution in [0.1, 0.15) is 16.7 Å². The average Bonchev–Trinajstić information content (AvgIpc) is 3.18. The van der Waals surface area contributed by atoms with Gasteiger partial charge in [0.2, 0.25) is 5.90 Å². The third kappa shape index (κ3) is 5.05. The molecule has 0 spiro atoms. The number of methoxy groups -OCH3 is 1. The van der Waals surface area contributed by atoms with Crippen LogP contribution in [0.25, 0.3) is 6.08 Å². The number of nitro groups is 1. The summed E-state index contributed by atoms with van der Waals surface area (Å²) in [5.74, 6) is -0.420. The molecule has 0 aromatic heterocycles. The summed E-state index contributed by atoms with van der Waals surface area (Å²) < 4.78 is 29.5. The highest BCUT2D eigenvalue weighted by atomic mass is 35.5. The van der Waals surface area contributed by atoms with Crippen LogP contribution in [0.4, 0.5) is 10.1 Å². The maximum atomic E-state index is 13.1. The van der Waals surface area contributed by atoms with Crippen LogP contribution < -0.4 is 9.47 Å². The van der Waals surface area contributed by atoms with Gasteiger partial charge in [0.15, 0.2) is 17.2 Å². The van der Waals surface area contributed by atoms with E-state index in [-0.39, 0.29) is 34.7 Å². The Hall–Kier alpha value is -4.24. The first-order valence-electron chi connectivity index (χ1n) is 9.86. The molecule has 8 nitrogen and oxygen atoms in total. The second-order valence-electron chi connectivity index (χ2n) is 7.09. The van der Waals surface area contributed by atoms with Crippen LogP contribution in [0.15, 0.2) is 71.4 Å². The Morgan fingerprint density at radius 2 is 1.85 bits per heavy atom. The summed E-state index contributed by atoms with van der Waals surface area (Å²) >= 11 is 6.40. The van der Waals surface area contributed by atoms with Crippen molar-refractivity contribution >= 4 is 35.2 Å². The fourth-order valence-corrected chi connectivity index (χ4v) is 3.39. The first-order chi connectivity index (χ1) is 16.3. The lowest BCUT2D eigenvalue weighted by Gasteiger charge is -2.13. The fourth-order valence-electron chi connectivity index (χ4n) is 3.12. The molecule has 0 N–H and O–H groups in total. The third-order valence-corrected chi connectivity index (χ3v) is 5.08. The Labute approximate surface area is 198 Å². The minimum Gasteiger partial charge on any atom is -0.493 e. The van der Waals surface area contributed by atoms with Crippen LogP contribution >= 0.6 is 11.6 Å². The van der Waals surface area contributed by atoms with Gasteiger partial charge in [-0.15, -0.1) is 0 Å². The molecule has 1 aliphatic rings. The molecule has 0 bridgehead atoms. The number of hydrogen-bond donors (Lipinski definition) is 0. The topological polar surface area (TPSA) is 100 Å². The molecule has 4 rings (SSSR count). The number of halogens is 2. The van der Waals surface area contributed by atoms with Crippen LogP contribution in [0.3, 0.4) is 0 Å². The highest BCUT2D eigenvalue weighted by molar-refractivity contribution is 6.32. The second-order valence-corrected chi connectivity index (χ2v) is 7.50. The summed E-state index contributed by atoms with van der Waals surface area (Å²) in [6, 6.07) is 14.5. The van der Waals surface area contributed by atoms with Gasteiger partial charge >= 0.3 is 5.97 Å². The van der Waals surface area contributed by atoms with E-state index in [0.717, 1.165) is 0 Å². The van der Waals surface area contributed by atoms with Crippen molar-refractivity contribution < 1.29 is 28.3 Å². The number of ether oxygens (including phenoxy) is 3. The highest BCUT2D eigenvalue weighted by Crippen LogP contribution is 2.38. The number of nitro benzene ring substituents is 1. The standard InChI is InChI=1S/C24H16ClFN2O6/c1-32-21-12-15(11-20-24(29)34-23(27-20)16-4-6-17(26)7-5-16)10-19(25)22(21)33-13-14-2-8-18(9-3-14)28(30)31/h2-12H,13H2,1H3. The number of rotatable bonds is 7. The van der Waals surface area contributed by atoms with E-state index in [1.165, 1.54) is 49.6 Å². The summed E-state index contributed by atoms with van der Waals surface area (Å²) in [4.78, 5) is 26.7. The molecule has 0 aliphatic carbocycles. The number of carbonyl (C=O) groups is 1. The Morgan fingerprint density at radius 3 is 2.50 bits per heavy atom. The van der Waals surface area contributed by atoms with E-state index in [1.54, 1.807) is 24.3 Å². The number of non-ortho nitro benzene ring substituents is 1. The zero-order valence-corrected chi connectivity index (χ0v) is 18.4. The van der Waals surface area contributed by atoms with E-state index in [9.17, 15) is 19.3 Å². The molecule has 172 valence electrons. The van der Waals surface area contributed by atoms with E-state index in [1.807, 2.05) is 0 Å². The van der Waals surface area contributed by atoms with Crippen molar-refractivity contribution in [3.8, 4) is 11.5 Å². The van der Waals surface area contributed by atoms with Crippen LogP contribution in [0.5, 0.6) is 11.5 Å². The molecule has 3 aromatic rings. The first-order valence-corrected chi connectivity index (χ1v) is 10.2. The lowest BCUT2D eigenvalue weighted by atomic mass is 10.1. The molecule has 0 unspecified atom stereocenters. The smallest absolute Gasteiger partial charge is 0.363 e.